The average molecular weight is 332 g/mol. The summed E-state index contributed by atoms with van der Waals surface area (Å²) in [4.78, 5) is 12.2. The molecule has 0 heterocycles. The van der Waals surface area contributed by atoms with Crippen LogP contribution in [-0.2, 0) is 0 Å². The van der Waals surface area contributed by atoms with Crippen molar-refractivity contribution in [3.05, 3.63) is 22.2 Å². The summed E-state index contributed by atoms with van der Waals surface area (Å²) in [5, 5.41) is 11.9. The van der Waals surface area contributed by atoms with Crippen LogP contribution in [-0.4, -0.2) is 37.4 Å². The second-order valence-corrected chi connectivity index (χ2v) is 5.54. The third-order valence-corrected chi connectivity index (χ3v) is 3.14. The van der Waals surface area contributed by atoms with Gasteiger partial charge in [-0.2, -0.15) is 0 Å². The van der Waals surface area contributed by atoms with Gasteiger partial charge in [0, 0.05) is 0 Å². The molecule has 0 aliphatic rings. The summed E-state index contributed by atoms with van der Waals surface area (Å²) >= 11 is 3.33. The van der Waals surface area contributed by atoms with E-state index >= 15 is 0 Å². The van der Waals surface area contributed by atoms with Crippen molar-refractivity contribution in [2.75, 3.05) is 20.8 Å². The summed E-state index contributed by atoms with van der Waals surface area (Å²) in [7, 11) is 3.01. The Labute approximate surface area is 121 Å². The number of benzene rings is 1. The van der Waals surface area contributed by atoms with Crippen molar-refractivity contribution in [2.45, 2.75) is 19.4 Å². The van der Waals surface area contributed by atoms with E-state index in [4.69, 9.17) is 9.47 Å². The molecule has 0 spiro atoms. The molecule has 1 amide bonds. The second kappa shape index (κ2) is 6.25. The fraction of sp³-hybridized carbons (Fsp3) is 0.462. The van der Waals surface area contributed by atoms with Gasteiger partial charge in [-0.05, 0) is 41.9 Å². The first-order valence-electron chi connectivity index (χ1n) is 5.69. The molecule has 0 atom stereocenters. The van der Waals surface area contributed by atoms with Crippen LogP contribution in [0.3, 0.4) is 0 Å². The summed E-state index contributed by atoms with van der Waals surface area (Å²) in [5.41, 5.74) is -0.368. The molecular weight excluding hydrogens is 314 g/mol. The minimum absolute atomic E-state index is 0.161. The van der Waals surface area contributed by atoms with E-state index in [1.165, 1.54) is 14.2 Å². The van der Waals surface area contributed by atoms with Gasteiger partial charge in [-0.3, -0.25) is 4.79 Å². The van der Waals surface area contributed by atoms with Crippen molar-refractivity contribution in [1.29, 1.82) is 0 Å². The number of ether oxygens (including phenoxy) is 2. The highest BCUT2D eigenvalue weighted by atomic mass is 79.9. The molecule has 1 aromatic carbocycles. The molecule has 19 heavy (non-hydrogen) atoms. The summed E-state index contributed by atoms with van der Waals surface area (Å²) < 4.78 is 11.0. The van der Waals surface area contributed by atoms with Crippen LogP contribution in [0.5, 0.6) is 11.5 Å². The lowest BCUT2D eigenvalue weighted by molar-refractivity contribution is 0.0866. The molecule has 6 heteroatoms. The molecule has 0 aromatic heterocycles. The van der Waals surface area contributed by atoms with Gasteiger partial charge in [-0.1, -0.05) is 0 Å². The first-order valence-corrected chi connectivity index (χ1v) is 6.49. The minimum Gasteiger partial charge on any atom is -0.497 e. The quantitative estimate of drug-likeness (QED) is 0.865. The van der Waals surface area contributed by atoms with E-state index in [1.54, 1.807) is 26.0 Å². The monoisotopic (exact) mass is 331 g/mol. The highest BCUT2D eigenvalue weighted by Crippen LogP contribution is 2.33. The third kappa shape index (κ3) is 3.84. The van der Waals surface area contributed by atoms with Gasteiger partial charge in [0.05, 0.1) is 36.4 Å². The molecule has 1 aromatic rings. The van der Waals surface area contributed by atoms with E-state index in [2.05, 4.69) is 21.2 Å². The van der Waals surface area contributed by atoms with E-state index in [1.807, 2.05) is 0 Å². The first-order chi connectivity index (χ1) is 8.84. The van der Waals surface area contributed by atoms with Crippen LogP contribution in [0, 0.1) is 0 Å². The number of aliphatic hydroxyl groups excluding tert-OH is 1. The molecule has 0 aliphatic heterocycles. The van der Waals surface area contributed by atoms with Crippen molar-refractivity contribution in [2.24, 2.45) is 0 Å². The molecule has 0 radical (unpaired) electrons. The van der Waals surface area contributed by atoms with Crippen LogP contribution in [0.25, 0.3) is 0 Å². The largest absolute Gasteiger partial charge is 0.497 e. The maximum absolute atomic E-state index is 12.2. The highest BCUT2D eigenvalue weighted by Gasteiger charge is 2.23. The van der Waals surface area contributed by atoms with Gasteiger partial charge in [-0.15, -0.1) is 0 Å². The number of methoxy groups -OCH3 is 2. The molecule has 0 saturated carbocycles. The number of aliphatic hydroxyl groups is 1. The average Bonchev–Trinajstić information content (AvgIpc) is 2.37. The van der Waals surface area contributed by atoms with Crippen molar-refractivity contribution in [3.8, 4) is 11.5 Å². The van der Waals surface area contributed by atoms with Gasteiger partial charge in [0.15, 0.2) is 0 Å². The standard InChI is InChI=1S/C13H18BrNO4/c1-13(2,7-16)15-12(17)9-5-8(18-3)6-10(14)11(9)19-4/h5-6,16H,7H2,1-4H3,(H,15,17). The highest BCUT2D eigenvalue weighted by molar-refractivity contribution is 9.10. The number of halogens is 1. The number of hydrogen-bond donors (Lipinski definition) is 2. The van der Waals surface area contributed by atoms with Crippen LogP contribution >= 0.6 is 15.9 Å². The van der Waals surface area contributed by atoms with Crippen molar-refractivity contribution in [3.63, 3.8) is 0 Å². The lowest BCUT2D eigenvalue weighted by atomic mass is 10.1. The Morgan fingerprint density at radius 2 is 2.00 bits per heavy atom. The minimum atomic E-state index is -0.711. The molecule has 106 valence electrons. The zero-order valence-corrected chi connectivity index (χ0v) is 13.0. The fourth-order valence-corrected chi connectivity index (χ4v) is 2.08. The fourth-order valence-electron chi connectivity index (χ4n) is 1.48. The molecule has 5 nitrogen and oxygen atoms in total. The van der Waals surface area contributed by atoms with Gasteiger partial charge in [0.25, 0.3) is 5.91 Å². The van der Waals surface area contributed by atoms with Gasteiger partial charge in [-0.25, -0.2) is 0 Å². The molecule has 0 fully saturated rings. The van der Waals surface area contributed by atoms with E-state index in [0.717, 1.165) is 0 Å². The van der Waals surface area contributed by atoms with Gasteiger partial charge < -0.3 is 19.9 Å². The second-order valence-electron chi connectivity index (χ2n) is 4.69. The predicted molar refractivity (Wildman–Crippen MR) is 75.9 cm³/mol. The van der Waals surface area contributed by atoms with E-state index in [0.29, 0.717) is 21.5 Å². The zero-order valence-electron chi connectivity index (χ0n) is 11.4. The molecule has 0 bridgehead atoms. The van der Waals surface area contributed by atoms with Crippen molar-refractivity contribution in [1.82, 2.24) is 5.32 Å². The lowest BCUT2D eigenvalue weighted by Gasteiger charge is -2.24. The topological polar surface area (TPSA) is 67.8 Å². The van der Waals surface area contributed by atoms with E-state index < -0.39 is 5.54 Å². The lowest BCUT2D eigenvalue weighted by Crippen LogP contribution is -2.46. The Kier molecular flexibility index (Phi) is 5.20. The van der Waals surface area contributed by atoms with Crippen LogP contribution in [0.4, 0.5) is 0 Å². The summed E-state index contributed by atoms with van der Waals surface area (Å²) in [5.74, 6) is 0.627. The Balaban J connectivity index is 3.17. The molecule has 0 unspecified atom stereocenters. The zero-order chi connectivity index (χ0) is 14.6. The van der Waals surface area contributed by atoms with Crippen molar-refractivity contribution < 1.29 is 19.4 Å². The summed E-state index contributed by atoms with van der Waals surface area (Å²) in [6.45, 7) is 3.30. The number of amides is 1. The van der Waals surface area contributed by atoms with E-state index in [9.17, 15) is 9.90 Å². The normalized spacial score (nSPS) is 11.1. The van der Waals surface area contributed by atoms with Crippen LogP contribution in [0.15, 0.2) is 16.6 Å². The third-order valence-electron chi connectivity index (χ3n) is 2.55. The Morgan fingerprint density at radius 1 is 1.37 bits per heavy atom. The number of rotatable bonds is 5. The number of hydrogen-bond acceptors (Lipinski definition) is 4. The maximum atomic E-state index is 12.2. The molecule has 0 saturated heterocycles. The van der Waals surface area contributed by atoms with Crippen LogP contribution in [0.2, 0.25) is 0 Å². The van der Waals surface area contributed by atoms with Gasteiger partial charge >= 0.3 is 0 Å². The molecular formula is C13H18BrNO4. The Morgan fingerprint density at radius 3 is 2.47 bits per heavy atom. The van der Waals surface area contributed by atoms with Gasteiger partial charge in [0.1, 0.15) is 11.5 Å². The van der Waals surface area contributed by atoms with E-state index in [-0.39, 0.29) is 12.5 Å². The first kappa shape index (κ1) is 15.8. The number of carbonyl (C=O) groups is 1. The maximum Gasteiger partial charge on any atom is 0.255 e. The molecule has 0 aliphatic carbocycles. The Hall–Kier alpha value is -1.27. The number of carbonyl (C=O) groups excluding carboxylic acids is 1. The molecule has 1 rings (SSSR count). The summed E-state index contributed by atoms with van der Waals surface area (Å²) in [6, 6.07) is 3.30. The molecule has 2 N–H and O–H groups in total. The SMILES string of the molecule is COc1cc(Br)c(OC)c(C(=O)NC(C)(C)CO)c1. The van der Waals surface area contributed by atoms with Crippen LogP contribution in [0.1, 0.15) is 24.2 Å². The van der Waals surface area contributed by atoms with Crippen LogP contribution < -0.4 is 14.8 Å². The smallest absolute Gasteiger partial charge is 0.255 e. The summed E-state index contributed by atoms with van der Waals surface area (Å²) in [6.07, 6.45) is 0. The number of nitrogens with one attached hydrogen (secondary N) is 1. The Bertz CT molecular complexity index is 474. The predicted octanol–water partition coefficient (Wildman–Crippen LogP) is 1.97. The van der Waals surface area contributed by atoms with Gasteiger partial charge in [0.2, 0.25) is 0 Å². The van der Waals surface area contributed by atoms with Crippen molar-refractivity contribution >= 4 is 21.8 Å².